The molecule has 1 aromatic carbocycles. The summed E-state index contributed by atoms with van der Waals surface area (Å²) in [5, 5.41) is 3.49. The van der Waals surface area contributed by atoms with E-state index in [4.69, 9.17) is 14.2 Å². The Morgan fingerprint density at radius 3 is 2.65 bits per heavy atom. The molecule has 0 aliphatic carbocycles. The molecular formula is C16H23NO3. The lowest BCUT2D eigenvalue weighted by atomic mass is 9.98. The molecule has 20 heavy (non-hydrogen) atoms. The number of likely N-dealkylation sites (N-methyl/N-ethyl adjacent to an activating group) is 1. The maximum Gasteiger partial charge on any atom is 0.161 e. The van der Waals surface area contributed by atoms with E-state index in [-0.39, 0.29) is 6.04 Å². The van der Waals surface area contributed by atoms with Crippen LogP contribution in [0.2, 0.25) is 0 Å². The first-order valence-corrected chi connectivity index (χ1v) is 7.51. The van der Waals surface area contributed by atoms with Crippen molar-refractivity contribution in [2.45, 2.75) is 26.3 Å². The molecule has 2 unspecified atom stereocenters. The van der Waals surface area contributed by atoms with Gasteiger partial charge in [-0.2, -0.15) is 0 Å². The molecule has 0 fully saturated rings. The van der Waals surface area contributed by atoms with E-state index in [1.807, 2.05) is 0 Å². The van der Waals surface area contributed by atoms with Crippen LogP contribution in [0, 0.1) is 5.92 Å². The Morgan fingerprint density at radius 1 is 1.15 bits per heavy atom. The van der Waals surface area contributed by atoms with Crippen LogP contribution in [0.4, 0.5) is 0 Å². The first-order chi connectivity index (χ1) is 9.78. The molecule has 1 aromatic rings. The van der Waals surface area contributed by atoms with Gasteiger partial charge in [0, 0.05) is 5.92 Å². The second-order valence-electron chi connectivity index (χ2n) is 5.66. The van der Waals surface area contributed by atoms with Gasteiger partial charge >= 0.3 is 0 Å². The van der Waals surface area contributed by atoms with Gasteiger partial charge in [0.1, 0.15) is 0 Å². The Bertz CT molecular complexity index is 475. The van der Waals surface area contributed by atoms with Crippen LogP contribution in [0.1, 0.15) is 31.0 Å². The Kier molecular flexibility index (Phi) is 4.13. The first kappa shape index (κ1) is 13.7. The molecule has 4 nitrogen and oxygen atoms in total. The molecule has 2 aliphatic heterocycles. The Balaban J connectivity index is 1.96. The van der Waals surface area contributed by atoms with Crippen LogP contribution in [-0.2, 0) is 11.2 Å². The molecule has 1 N–H and O–H groups in total. The molecule has 4 heteroatoms. The SMILES string of the molecule is CCNC1COCCc2cc3c(cc21)OCC(C)CO3. The topological polar surface area (TPSA) is 39.7 Å². The number of ether oxygens (including phenoxy) is 3. The summed E-state index contributed by atoms with van der Waals surface area (Å²) in [4.78, 5) is 0. The molecular weight excluding hydrogens is 254 g/mol. The summed E-state index contributed by atoms with van der Waals surface area (Å²) in [5.74, 6) is 2.18. The van der Waals surface area contributed by atoms with Gasteiger partial charge in [-0.05, 0) is 36.2 Å². The highest BCUT2D eigenvalue weighted by Gasteiger charge is 2.23. The third kappa shape index (κ3) is 2.76. The van der Waals surface area contributed by atoms with Crippen LogP contribution in [0.15, 0.2) is 12.1 Å². The smallest absolute Gasteiger partial charge is 0.161 e. The van der Waals surface area contributed by atoms with Crippen molar-refractivity contribution in [1.29, 1.82) is 0 Å². The van der Waals surface area contributed by atoms with E-state index in [9.17, 15) is 0 Å². The van der Waals surface area contributed by atoms with Crippen molar-refractivity contribution in [3.63, 3.8) is 0 Å². The zero-order valence-electron chi connectivity index (χ0n) is 12.3. The van der Waals surface area contributed by atoms with Crippen LogP contribution >= 0.6 is 0 Å². The zero-order chi connectivity index (χ0) is 13.9. The van der Waals surface area contributed by atoms with Gasteiger partial charge in [0.15, 0.2) is 11.5 Å². The standard InChI is InChI=1S/C16H23NO3/c1-3-17-14-10-18-5-4-12-6-15-16(7-13(12)14)20-9-11(2)8-19-15/h6-7,11,14,17H,3-5,8-10H2,1-2H3. The van der Waals surface area contributed by atoms with E-state index in [1.54, 1.807) is 0 Å². The predicted molar refractivity (Wildman–Crippen MR) is 77.5 cm³/mol. The molecule has 2 heterocycles. The third-order valence-electron chi connectivity index (χ3n) is 3.88. The minimum atomic E-state index is 0.243. The summed E-state index contributed by atoms with van der Waals surface area (Å²) in [6.07, 6.45) is 0.934. The van der Waals surface area contributed by atoms with Gasteiger partial charge in [-0.25, -0.2) is 0 Å². The number of hydrogen-bond donors (Lipinski definition) is 1. The molecule has 0 saturated carbocycles. The van der Waals surface area contributed by atoms with Gasteiger partial charge in [-0.15, -0.1) is 0 Å². The van der Waals surface area contributed by atoms with Crippen LogP contribution in [0.3, 0.4) is 0 Å². The summed E-state index contributed by atoms with van der Waals surface area (Å²) in [6.45, 7) is 8.12. The highest BCUT2D eigenvalue weighted by atomic mass is 16.5. The largest absolute Gasteiger partial charge is 0.489 e. The normalized spacial score (nSPS) is 25.5. The van der Waals surface area contributed by atoms with Gasteiger partial charge in [0.05, 0.1) is 32.5 Å². The Morgan fingerprint density at radius 2 is 1.90 bits per heavy atom. The van der Waals surface area contributed by atoms with Crippen molar-refractivity contribution in [1.82, 2.24) is 5.32 Å². The van der Waals surface area contributed by atoms with E-state index < -0.39 is 0 Å². The minimum absolute atomic E-state index is 0.243. The average molecular weight is 277 g/mol. The predicted octanol–water partition coefficient (Wildman–Crippen LogP) is 2.32. The van der Waals surface area contributed by atoms with Crippen LogP contribution in [-0.4, -0.2) is 33.0 Å². The Hall–Kier alpha value is -1.26. The molecule has 0 radical (unpaired) electrons. The summed E-state index contributed by atoms with van der Waals surface area (Å²) >= 11 is 0. The number of rotatable bonds is 2. The van der Waals surface area contributed by atoms with E-state index in [1.165, 1.54) is 11.1 Å². The minimum Gasteiger partial charge on any atom is -0.489 e. The molecule has 3 rings (SSSR count). The van der Waals surface area contributed by atoms with Gasteiger partial charge in [0.2, 0.25) is 0 Å². The molecule has 0 saturated heterocycles. The first-order valence-electron chi connectivity index (χ1n) is 7.51. The van der Waals surface area contributed by atoms with Crippen LogP contribution in [0.25, 0.3) is 0 Å². The maximum atomic E-state index is 5.90. The van der Waals surface area contributed by atoms with Crippen molar-refractivity contribution in [3.05, 3.63) is 23.3 Å². The fraction of sp³-hybridized carbons (Fsp3) is 0.625. The molecule has 0 spiro atoms. The van der Waals surface area contributed by atoms with Gasteiger partial charge in [-0.1, -0.05) is 13.8 Å². The second kappa shape index (κ2) is 6.02. The molecule has 110 valence electrons. The van der Waals surface area contributed by atoms with E-state index >= 15 is 0 Å². The lowest BCUT2D eigenvalue weighted by Gasteiger charge is -2.19. The molecule has 0 bridgehead atoms. The van der Waals surface area contributed by atoms with E-state index in [0.717, 1.165) is 44.3 Å². The van der Waals surface area contributed by atoms with Crippen LogP contribution < -0.4 is 14.8 Å². The molecule has 2 aliphatic rings. The van der Waals surface area contributed by atoms with Crippen molar-refractivity contribution in [2.24, 2.45) is 5.92 Å². The molecule has 0 amide bonds. The van der Waals surface area contributed by atoms with Crippen LogP contribution in [0.5, 0.6) is 11.5 Å². The van der Waals surface area contributed by atoms with E-state index in [2.05, 4.69) is 31.3 Å². The third-order valence-corrected chi connectivity index (χ3v) is 3.88. The highest BCUT2D eigenvalue weighted by molar-refractivity contribution is 5.49. The lowest BCUT2D eigenvalue weighted by molar-refractivity contribution is 0.122. The summed E-state index contributed by atoms with van der Waals surface area (Å²) in [6, 6.07) is 4.53. The number of nitrogens with one attached hydrogen (secondary N) is 1. The van der Waals surface area contributed by atoms with Gasteiger partial charge in [0.25, 0.3) is 0 Å². The number of benzene rings is 1. The van der Waals surface area contributed by atoms with Gasteiger partial charge in [-0.3, -0.25) is 0 Å². The maximum absolute atomic E-state index is 5.90. The highest BCUT2D eigenvalue weighted by Crippen LogP contribution is 2.37. The molecule has 2 atom stereocenters. The van der Waals surface area contributed by atoms with Crippen molar-refractivity contribution >= 4 is 0 Å². The monoisotopic (exact) mass is 277 g/mol. The quantitative estimate of drug-likeness (QED) is 0.900. The summed E-state index contributed by atoms with van der Waals surface area (Å²) in [7, 11) is 0. The van der Waals surface area contributed by atoms with Crippen molar-refractivity contribution < 1.29 is 14.2 Å². The van der Waals surface area contributed by atoms with Crippen molar-refractivity contribution in [2.75, 3.05) is 33.0 Å². The summed E-state index contributed by atoms with van der Waals surface area (Å²) in [5.41, 5.74) is 2.60. The fourth-order valence-electron chi connectivity index (χ4n) is 2.78. The Labute approximate surface area is 120 Å². The zero-order valence-corrected chi connectivity index (χ0v) is 12.3. The van der Waals surface area contributed by atoms with E-state index in [0.29, 0.717) is 12.5 Å². The summed E-state index contributed by atoms with van der Waals surface area (Å²) < 4.78 is 17.5. The number of hydrogen-bond acceptors (Lipinski definition) is 4. The number of fused-ring (bicyclic) bond motifs is 2. The second-order valence-corrected chi connectivity index (χ2v) is 5.66. The average Bonchev–Trinajstić information content (AvgIpc) is 2.75. The fourth-order valence-corrected chi connectivity index (χ4v) is 2.78. The molecule has 0 aromatic heterocycles. The van der Waals surface area contributed by atoms with Gasteiger partial charge < -0.3 is 19.5 Å². The van der Waals surface area contributed by atoms with Crippen molar-refractivity contribution in [3.8, 4) is 11.5 Å². The lowest BCUT2D eigenvalue weighted by Crippen LogP contribution is -2.24.